The van der Waals surface area contributed by atoms with Gasteiger partial charge >= 0.3 is 0 Å². The zero-order valence-electron chi connectivity index (χ0n) is 20.6. The number of hydrogen-bond donors (Lipinski definition) is 1. The molecule has 0 heterocycles. The van der Waals surface area contributed by atoms with Gasteiger partial charge in [0.1, 0.15) is 5.82 Å². The first kappa shape index (κ1) is 26.2. The number of nitrogens with zero attached hydrogens (tertiary/aromatic N) is 2. The second-order valence-electron chi connectivity index (χ2n) is 8.82. The van der Waals surface area contributed by atoms with Crippen molar-refractivity contribution in [3.8, 4) is 0 Å². The highest BCUT2D eigenvalue weighted by molar-refractivity contribution is 7.92. The number of rotatable bonds is 10. The van der Waals surface area contributed by atoms with Crippen molar-refractivity contribution >= 4 is 27.3 Å². The maximum absolute atomic E-state index is 13.9. The second-order valence-corrected chi connectivity index (χ2v) is 10.7. The van der Waals surface area contributed by atoms with Gasteiger partial charge in [-0.25, -0.2) is 12.8 Å². The standard InChI is InChI=1S/C27H32FN3O3S/c1-5-14-35(33,34)29-25-12-13-26(30(3)4)23(17-25)19-31(18-21-9-7-11-24(28)16-21)27(32)22-10-6-8-20(2)15-22/h6-13,15-17,29H,5,14,18-19H2,1-4H3. The summed E-state index contributed by atoms with van der Waals surface area (Å²) in [6.45, 7) is 4.13. The lowest BCUT2D eigenvalue weighted by Gasteiger charge is -2.27. The van der Waals surface area contributed by atoms with Crippen molar-refractivity contribution in [2.75, 3.05) is 29.5 Å². The number of halogens is 1. The molecule has 0 aliphatic heterocycles. The Hall–Kier alpha value is -3.39. The highest BCUT2D eigenvalue weighted by Crippen LogP contribution is 2.27. The van der Waals surface area contributed by atoms with Crippen LogP contribution in [0, 0.1) is 12.7 Å². The molecule has 0 saturated carbocycles. The van der Waals surface area contributed by atoms with Gasteiger partial charge in [0, 0.05) is 44.1 Å². The van der Waals surface area contributed by atoms with Crippen molar-refractivity contribution in [1.82, 2.24) is 4.90 Å². The average molecular weight is 498 g/mol. The number of anilines is 2. The van der Waals surface area contributed by atoms with Crippen LogP contribution in [-0.4, -0.2) is 39.1 Å². The summed E-state index contributed by atoms with van der Waals surface area (Å²) in [5.41, 5.74) is 4.22. The van der Waals surface area contributed by atoms with Crippen LogP contribution in [0.1, 0.15) is 40.4 Å². The molecule has 0 spiro atoms. The highest BCUT2D eigenvalue weighted by atomic mass is 32.2. The van der Waals surface area contributed by atoms with Gasteiger partial charge in [-0.15, -0.1) is 0 Å². The summed E-state index contributed by atoms with van der Waals surface area (Å²) in [6.07, 6.45) is 0.504. The lowest BCUT2D eigenvalue weighted by Crippen LogP contribution is -2.31. The third kappa shape index (κ3) is 7.29. The van der Waals surface area contributed by atoms with E-state index in [4.69, 9.17) is 0 Å². The van der Waals surface area contributed by atoms with E-state index in [0.29, 0.717) is 23.2 Å². The Morgan fingerprint density at radius 1 is 0.971 bits per heavy atom. The van der Waals surface area contributed by atoms with Crippen LogP contribution in [0.15, 0.2) is 66.7 Å². The molecule has 0 fully saturated rings. The summed E-state index contributed by atoms with van der Waals surface area (Å²) in [4.78, 5) is 17.1. The molecule has 0 aliphatic carbocycles. The normalized spacial score (nSPS) is 11.2. The zero-order chi connectivity index (χ0) is 25.6. The van der Waals surface area contributed by atoms with E-state index in [9.17, 15) is 17.6 Å². The van der Waals surface area contributed by atoms with Crippen LogP contribution in [0.3, 0.4) is 0 Å². The molecule has 0 aromatic heterocycles. The van der Waals surface area contributed by atoms with E-state index in [2.05, 4.69) is 4.72 Å². The molecule has 8 heteroatoms. The lowest BCUT2D eigenvalue weighted by atomic mass is 10.1. The van der Waals surface area contributed by atoms with Crippen LogP contribution in [0.25, 0.3) is 0 Å². The van der Waals surface area contributed by atoms with Crippen molar-refractivity contribution in [1.29, 1.82) is 0 Å². The molecule has 35 heavy (non-hydrogen) atoms. The average Bonchev–Trinajstić information content (AvgIpc) is 2.78. The fraction of sp³-hybridized carbons (Fsp3) is 0.296. The molecule has 3 rings (SSSR count). The second kappa shape index (κ2) is 11.4. The molecule has 186 valence electrons. The number of sulfonamides is 1. The number of carbonyl (C=O) groups is 1. The monoisotopic (exact) mass is 497 g/mol. The topological polar surface area (TPSA) is 69.7 Å². The van der Waals surface area contributed by atoms with Crippen molar-refractivity contribution in [2.45, 2.75) is 33.4 Å². The first-order valence-corrected chi connectivity index (χ1v) is 13.1. The van der Waals surface area contributed by atoms with Crippen LogP contribution in [0.4, 0.5) is 15.8 Å². The number of nitrogens with one attached hydrogen (secondary N) is 1. The zero-order valence-corrected chi connectivity index (χ0v) is 21.4. The van der Waals surface area contributed by atoms with Gasteiger partial charge in [-0.3, -0.25) is 9.52 Å². The van der Waals surface area contributed by atoms with Gasteiger partial charge in [0.2, 0.25) is 10.0 Å². The number of benzene rings is 3. The molecule has 0 unspecified atom stereocenters. The Balaban J connectivity index is 2.01. The van der Waals surface area contributed by atoms with Gasteiger partial charge < -0.3 is 9.80 Å². The third-order valence-corrected chi connectivity index (χ3v) is 6.98. The van der Waals surface area contributed by atoms with Crippen molar-refractivity contribution < 1.29 is 17.6 Å². The third-order valence-electron chi connectivity index (χ3n) is 5.48. The molecule has 0 radical (unpaired) electrons. The van der Waals surface area contributed by atoms with E-state index in [1.54, 1.807) is 42.2 Å². The van der Waals surface area contributed by atoms with Crippen LogP contribution in [0.2, 0.25) is 0 Å². The summed E-state index contributed by atoms with van der Waals surface area (Å²) < 4.78 is 41.2. The Morgan fingerprint density at radius 3 is 2.37 bits per heavy atom. The Bertz CT molecular complexity index is 1290. The smallest absolute Gasteiger partial charge is 0.254 e. The Kier molecular flexibility index (Phi) is 8.51. The molecular weight excluding hydrogens is 465 g/mol. The molecule has 3 aromatic rings. The number of hydrogen-bond acceptors (Lipinski definition) is 4. The van der Waals surface area contributed by atoms with Crippen LogP contribution >= 0.6 is 0 Å². The van der Waals surface area contributed by atoms with Gasteiger partial charge in [0.05, 0.1) is 5.75 Å². The van der Waals surface area contributed by atoms with Gasteiger partial charge in [0.25, 0.3) is 5.91 Å². The van der Waals surface area contributed by atoms with E-state index in [0.717, 1.165) is 16.8 Å². The molecule has 0 aliphatic rings. The highest BCUT2D eigenvalue weighted by Gasteiger charge is 2.20. The summed E-state index contributed by atoms with van der Waals surface area (Å²) in [5.74, 6) is -0.540. The minimum Gasteiger partial charge on any atom is -0.377 e. The molecule has 3 aromatic carbocycles. The molecule has 0 bridgehead atoms. The number of amides is 1. The fourth-order valence-electron chi connectivity index (χ4n) is 3.93. The van der Waals surface area contributed by atoms with Crippen LogP contribution in [0.5, 0.6) is 0 Å². The lowest BCUT2D eigenvalue weighted by molar-refractivity contribution is 0.0730. The SMILES string of the molecule is CCCS(=O)(=O)Nc1ccc(N(C)C)c(CN(Cc2cccc(F)c2)C(=O)c2cccc(C)c2)c1. The summed E-state index contributed by atoms with van der Waals surface area (Å²) in [6, 6.07) is 18.8. The maximum atomic E-state index is 13.9. The Labute approximate surface area is 207 Å². The minimum atomic E-state index is -3.47. The predicted molar refractivity (Wildman–Crippen MR) is 140 cm³/mol. The van der Waals surface area contributed by atoms with Gasteiger partial charge in [-0.1, -0.05) is 36.8 Å². The summed E-state index contributed by atoms with van der Waals surface area (Å²) in [7, 11) is 0.310. The fourth-order valence-corrected chi connectivity index (χ4v) is 5.06. The summed E-state index contributed by atoms with van der Waals surface area (Å²) >= 11 is 0. The van der Waals surface area contributed by atoms with Crippen molar-refractivity contribution in [3.63, 3.8) is 0 Å². The van der Waals surface area contributed by atoms with Crippen molar-refractivity contribution in [3.05, 3.63) is 94.8 Å². The quantitative estimate of drug-likeness (QED) is 0.418. The molecule has 1 N–H and O–H groups in total. The Morgan fingerprint density at radius 2 is 1.71 bits per heavy atom. The molecule has 1 amide bonds. The van der Waals surface area contributed by atoms with Crippen molar-refractivity contribution in [2.24, 2.45) is 0 Å². The molecule has 0 saturated heterocycles. The predicted octanol–water partition coefficient (Wildman–Crippen LogP) is 5.19. The van der Waals surface area contributed by atoms with E-state index >= 15 is 0 Å². The number of aryl methyl sites for hydroxylation is 1. The van der Waals surface area contributed by atoms with E-state index < -0.39 is 10.0 Å². The maximum Gasteiger partial charge on any atom is 0.254 e. The van der Waals surface area contributed by atoms with Gasteiger partial charge in [-0.05, 0) is 66.9 Å². The molecular formula is C27H32FN3O3S. The number of carbonyl (C=O) groups excluding carboxylic acids is 1. The van der Waals surface area contributed by atoms with Crippen LogP contribution in [-0.2, 0) is 23.1 Å². The van der Waals surface area contributed by atoms with E-state index in [-0.39, 0.29) is 30.6 Å². The first-order valence-electron chi connectivity index (χ1n) is 11.5. The van der Waals surface area contributed by atoms with E-state index in [1.807, 2.05) is 50.2 Å². The van der Waals surface area contributed by atoms with Crippen LogP contribution < -0.4 is 9.62 Å². The molecule has 0 atom stereocenters. The van der Waals surface area contributed by atoms with Gasteiger partial charge in [-0.2, -0.15) is 0 Å². The first-order chi connectivity index (χ1) is 16.6. The van der Waals surface area contributed by atoms with E-state index in [1.165, 1.54) is 12.1 Å². The minimum absolute atomic E-state index is 0.0231. The van der Waals surface area contributed by atoms with Gasteiger partial charge in [0.15, 0.2) is 0 Å². The molecule has 6 nitrogen and oxygen atoms in total. The summed E-state index contributed by atoms with van der Waals surface area (Å²) in [5, 5.41) is 0. The largest absolute Gasteiger partial charge is 0.377 e.